The Morgan fingerprint density at radius 1 is 1.35 bits per heavy atom. The molecule has 17 heavy (non-hydrogen) atoms. The fraction of sp³-hybridized carbons (Fsp3) is 0.500. The summed E-state index contributed by atoms with van der Waals surface area (Å²) in [5.41, 5.74) is 0. The van der Waals surface area contributed by atoms with Crippen LogP contribution in [0.25, 0.3) is 10.2 Å². The standard InChI is InChI=1S/C12H15N3OS/c1-13-11-9-4-7-17-12(9)15-10(14-11)8-2-5-16-6-3-8/h4,7-8H,2-3,5-6H2,1H3,(H,13,14,15). The summed E-state index contributed by atoms with van der Waals surface area (Å²) in [6, 6.07) is 2.07. The quantitative estimate of drug-likeness (QED) is 0.888. The van der Waals surface area contributed by atoms with Gasteiger partial charge in [-0.2, -0.15) is 0 Å². The summed E-state index contributed by atoms with van der Waals surface area (Å²) in [6.45, 7) is 1.65. The minimum Gasteiger partial charge on any atom is -0.381 e. The van der Waals surface area contributed by atoms with Gasteiger partial charge >= 0.3 is 0 Å². The van der Waals surface area contributed by atoms with Crippen molar-refractivity contribution in [1.29, 1.82) is 0 Å². The van der Waals surface area contributed by atoms with Gasteiger partial charge in [0, 0.05) is 26.2 Å². The predicted molar refractivity (Wildman–Crippen MR) is 69.8 cm³/mol. The molecule has 5 heteroatoms. The topological polar surface area (TPSA) is 47.0 Å². The van der Waals surface area contributed by atoms with Crippen LogP contribution in [0.15, 0.2) is 11.4 Å². The Bertz CT molecular complexity index is 519. The Hall–Kier alpha value is -1.20. The average Bonchev–Trinajstić information content (AvgIpc) is 2.86. The van der Waals surface area contributed by atoms with Crippen molar-refractivity contribution < 1.29 is 4.74 Å². The van der Waals surface area contributed by atoms with E-state index in [2.05, 4.69) is 26.7 Å². The Morgan fingerprint density at radius 3 is 2.94 bits per heavy atom. The summed E-state index contributed by atoms with van der Waals surface area (Å²) < 4.78 is 5.38. The molecule has 90 valence electrons. The normalized spacial score (nSPS) is 17.5. The van der Waals surface area contributed by atoms with E-state index in [0.717, 1.165) is 47.9 Å². The molecule has 3 heterocycles. The van der Waals surface area contributed by atoms with E-state index in [4.69, 9.17) is 4.74 Å². The van der Waals surface area contributed by atoms with E-state index in [-0.39, 0.29) is 0 Å². The first kappa shape index (κ1) is 10.9. The molecule has 0 atom stereocenters. The zero-order chi connectivity index (χ0) is 11.7. The number of nitrogens with one attached hydrogen (secondary N) is 1. The first-order valence-corrected chi connectivity index (χ1v) is 6.77. The summed E-state index contributed by atoms with van der Waals surface area (Å²) in [5.74, 6) is 2.35. The second-order valence-corrected chi connectivity index (χ2v) is 5.10. The van der Waals surface area contributed by atoms with Crippen molar-refractivity contribution in [1.82, 2.24) is 9.97 Å². The Labute approximate surface area is 104 Å². The molecule has 1 fully saturated rings. The van der Waals surface area contributed by atoms with E-state index < -0.39 is 0 Å². The largest absolute Gasteiger partial charge is 0.381 e. The smallest absolute Gasteiger partial charge is 0.138 e. The van der Waals surface area contributed by atoms with Crippen molar-refractivity contribution in [2.45, 2.75) is 18.8 Å². The molecule has 0 radical (unpaired) electrons. The molecule has 2 aromatic heterocycles. The van der Waals surface area contributed by atoms with Gasteiger partial charge in [-0.3, -0.25) is 0 Å². The molecular weight excluding hydrogens is 234 g/mol. The highest BCUT2D eigenvalue weighted by Gasteiger charge is 2.20. The summed E-state index contributed by atoms with van der Waals surface area (Å²) in [6.07, 6.45) is 2.06. The van der Waals surface area contributed by atoms with Crippen molar-refractivity contribution in [3.05, 3.63) is 17.3 Å². The maximum absolute atomic E-state index is 5.38. The minimum absolute atomic E-state index is 0.447. The van der Waals surface area contributed by atoms with Gasteiger partial charge < -0.3 is 10.1 Å². The first-order valence-electron chi connectivity index (χ1n) is 5.89. The van der Waals surface area contributed by atoms with Gasteiger partial charge in [0.25, 0.3) is 0 Å². The van der Waals surface area contributed by atoms with Crippen LogP contribution in [0.5, 0.6) is 0 Å². The Morgan fingerprint density at radius 2 is 2.18 bits per heavy atom. The molecule has 0 aliphatic carbocycles. The van der Waals surface area contributed by atoms with Crippen LogP contribution in [0.1, 0.15) is 24.6 Å². The van der Waals surface area contributed by atoms with E-state index in [1.807, 2.05) is 7.05 Å². The second-order valence-electron chi connectivity index (χ2n) is 4.21. The van der Waals surface area contributed by atoms with Crippen LogP contribution in [-0.4, -0.2) is 30.2 Å². The Kier molecular flexibility index (Phi) is 2.94. The van der Waals surface area contributed by atoms with Crippen LogP contribution in [0, 0.1) is 0 Å². The summed E-state index contributed by atoms with van der Waals surface area (Å²) in [5, 5.41) is 6.34. The van der Waals surface area contributed by atoms with Crippen LogP contribution >= 0.6 is 11.3 Å². The van der Waals surface area contributed by atoms with Gasteiger partial charge in [0.2, 0.25) is 0 Å². The lowest BCUT2D eigenvalue weighted by Crippen LogP contribution is -2.16. The van der Waals surface area contributed by atoms with Crippen LogP contribution in [0.2, 0.25) is 0 Å². The monoisotopic (exact) mass is 249 g/mol. The van der Waals surface area contributed by atoms with Crippen molar-refractivity contribution in [3.63, 3.8) is 0 Å². The van der Waals surface area contributed by atoms with Crippen LogP contribution < -0.4 is 5.32 Å². The molecule has 4 nitrogen and oxygen atoms in total. The first-order chi connectivity index (χ1) is 8.38. The van der Waals surface area contributed by atoms with Gasteiger partial charge in [0.05, 0.1) is 5.39 Å². The molecule has 0 amide bonds. The zero-order valence-corrected chi connectivity index (χ0v) is 10.6. The van der Waals surface area contributed by atoms with E-state index in [1.165, 1.54) is 0 Å². The maximum atomic E-state index is 5.38. The van der Waals surface area contributed by atoms with Gasteiger partial charge in [-0.15, -0.1) is 11.3 Å². The molecule has 0 aromatic carbocycles. The molecule has 1 aliphatic rings. The number of nitrogens with zero attached hydrogens (tertiary/aromatic N) is 2. The molecule has 1 N–H and O–H groups in total. The highest BCUT2D eigenvalue weighted by Crippen LogP contribution is 2.30. The van der Waals surface area contributed by atoms with Gasteiger partial charge in [-0.05, 0) is 24.3 Å². The molecular formula is C12H15N3OS. The van der Waals surface area contributed by atoms with Gasteiger partial charge in [-0.1, -0.05) is 0 Å². The van der Waals surface area contributed by atoms with E-state index in [0.29, 0.717) is 5.92 Å². The number of fused-ring (bicyclic) bond motifs is 1. The number of rotatable bonds is 2. The highest BCUT2D eigenvalue weighted by atomic mass is 32.1. The Balaban J connectivity index is 2.03. The van der Waals surface area contributed by atoms with Crippen molar-refractivity contribution >= 4 is 27.4 Å². The molecule has 1 saturated heterocycles. The lowest BCUT2D eigenvalue weighted by Gasteiger charge is -2.21. The summed E-state index contributed by atoms with van der Waals surface area (Å²) in [7, 11) is 1.91. The highest BCUT2D eigenvalue weighted by molar-refractivity contribution is 7.16. The van der Waals surface area contributed by atoms with Crippen molar-refractivity contribution in [2.24, 2.45) is 0 Å². The lowest BCUT2D eigenvalue weighted by molar-refractivity contribution is 0.0837. The average molecular weight is 249 g/mol. The van der Waals surface area contributed by atoms with Gasteiger partial charge in [0.1, 0.15) is 16.5 Å². The van der Waals surface area contributed by atoms with Crippen LogP contribution in [0.4, 0.5) is 5.82 Å². The second kappa shape index (κ2) is 4.58. The molecule has 2 aromatic rings. The minimum atomic E-state index is 0.447. The third-order valence-electron chi connectivity index (χ3n) is 3.17. The van der Waals surface area contributed by atoms with E-state index in [9.17, 15) is 0 Å². The predicted octanol–water partition coefficient (Wildman–Crippen LogP) is 2.63. The molecule has 0 spiro atoms. The number of ether oxygens (including phenoxy) is 1. The fourth-order valence-corrected chi connectivity index (χ4v) is 2.97. The van der Waals surface area contributed by atoms with E-state index in [1.54, 1.807) is 11.3 Å². The number of hydrogen-bond donors (Lipinski definition) is 1. The third-order valence-corrected chi connectivity index (χ3v) is 3.97. The molecule has 0 unspecified atom stereocenters. The molecule has 3 rings (SSSR count). The summed E-state index contributed by atoms with van der Waals surface area (Å²) >= 11 is 1.67. The van der Waals surface area contributed by atoms with Crippen LogP contribution in [-0.2, 0) is 4.74 Å². The maximum Gasteiger partial charge on any atom is 0.138 e. The molecule has 1 aliphatic heterocycles. The molecule has 0 bridgehead atoms. The fourth-order valence-electron chi connectivity index (χ4n) is 2.20. The number of anilines is 1. The summed E-state index contributed by atoms with van der Waals surface area (Å²) in [4.78, 5) is 10.4. The van der Waals surface area contributed by atoms with Crippen LogP contribution in [0.3, 0.4) is 0 Å². The SMILES string of the molecule is CNc1nc(C2CCOCC2)nc2sccc12. The molecule has 0 saturated carbocycles. The van der Waals surface area contributed by atoms with Crippen molar-refractivity contribution in [2.75, 3.05) is 25.6 Å². The number of thiophene rings is 1. The lowest BCUT2D eigenvalue weighted by atomic mass is 9.99. The zero-order valence-electron chi connectivity index (χ0n) is 9.77. The number of aromatic nitrogens is 2. The van der Waals surface area contributed by atoms with E-state index >= 15 is 0 Å². The van der Waals surface area contributed by atoms with Crippen molar-refractivity contribution in [3.8, 4) is 0 Å². The van der Waals surface area contributed by atoms with Gasteiger partial charge in [-0.25, -0.2) is 9.97 Å². The number of hydrogen-bond acceptors (Lipinski definition) is 5. The third kappa shape index (κ3) is 2.00. The van der Waals surface area contributed by atoms with Gasteiger partial charge in [0.15, 0.2) is 0 Å².